The number of benzene rings is 1. The highest BCUT2D eigenvalue weighted by molar-refractivity contribution is 5.20. The van der Waals surface area contributed by atoms with Crippen LogP contribution in [0.4, 0.5) is 4.39 Å². The van der Waals surface area contributed by atoms with Crippen molar-refractivity contribution < 1.29 is 9.50 Å². The van der Waals surface area contributed by atoms with Gasteiger partial charge in [0.25, 0.3) is 0 Å². The zero-order valence-corrected chi connectivity index (χ0v) is 11.8. The molecular weight excluding hydrogens is 241 g/mol. The molecule has 0 aliphatic heterocycles. The number of hydrogen-bond acceptors (Lipinski definition) is 2. The third-order valence-electron chi connectivity index (χ3n) is 4.04. The van der Waals surface area contributed by atoms with Crippen LogP contribution in [0.3, 0.4) is 0 Å². The van der Waals surface area contributed by atoms with E-state index in [9.17, 15) is 9.50 Å². The van der Waals surface area contributed by atoms with E-state index >= 15 is 0 Å². The quantitative estimate of drug-likeness (QED) is 0.875. The van der Waals surface area contributed by atoms with Crippen molar-refractivity contribution in [3.63, 3.8) is 0 Å². The zero-order valence-electron chi connectivity index (χ0n) is 11.8. The van der Waals surface area contributed by atoms with E-state index in [1.807, 2.05) is 0 Å². The van der Waals surface area contributed by atoms with E-state index in [1.165, 1.54) is 12.5 Å². The van der Waals surface area contributed by atoms with Crippen molar-refractivity contribution in [1.82, 2.24) is 5.32 Å². The lowest BCUT2D eigenvalue weighted by atomic mass is 9.80. The van der Waals surface area contributed by atoms with Gasteiger partial charge >= 0.3 is 0 Å². The van der Waals surface area contributed by atoms with Gasteiger partial charge in [-0.15, -0.1) is 0 Å². The predicted octanol–water partition coefficient (Wildman–Crippen LogP) is 3.27. The molecule has 2 nitrogen and oxygen atoms in total. The summed E-state index contributed by atoms with van der Waals surface area (Å²) in [5.41, 5.74) is 0.381. The van der Waals surface area contributed by atoms with Gasteiger partial charge < -0.3 is 10.4 Å². The Labute approximate surface area is 115 Å². The van der Waals surface area contributed by atoms with E-state index in [0.29, 0.717) is 18.2 Å². The van der Waals surface area contributed by atoms with Gasteiger partial charge in [-0.2, -0.15) is 0 Å². The average Bonchev–Trinajstić information content (AvgIpc) is 2.35. The number of aliphatic hydroxyl groups excluding tert-OH is 1. The molecule has 1 fully saturated rings. The summed E-state index contributed by atoms with van der Waals surface area (Å²) in [5.74, 6) is 1.13. The molecule has 3 heteroatoms. The van der Waals surface area contributed by atoms with Crippen LogP contribution in [0.2, 0.25) is 0 Å². The summed E-state index contributed by atoms with van der Waals surface area (Å²) in [7, 11) is 0. The van der Waals surface area contributed by atoms with E-state index in [2.05, 4.69) is 19.2 Å². The Balaban J connectivity index is 1.87. The Morgan fingerprint density at radius 1 is 1.21 bits per heavy atom. The first-order valence-corrected chi connectivity index (χ1v) is 7.22. The Morgan fingerprint density at radius 3 is 2.47 bits per heavy atom. The zero-order chi connectivity index (χ0) is 13.8. The molecule has 1 aromatic rings. The van der Waals surface area contributed by atoms with Crippen molar-refractivity contribution in [2.75, 3.05) is 6.54 Å². The van der Waals surface area contributed by atoms with Crippen LogP contribution in [0.25, 0.3) is 0 Å². The second kappa shape index (κ2) is 6.49. The monoisotopic (exact) mass is 265 g/mol. The van der Waals surface area contributed by atoms with Gasteiger partial charge in [0, 0.05) is 18.2 Å². The summed E-state index contributed by atoms with van der Waals surface area (Å²) in [6, 6.07) is 6.88. The van der Waals surface area contributed by atoms with Crippen LogP contribution in [0.1, 0.15) is 44.8 Å². The number of nitrogens with one attached hydrogen (secondary N) is 1. The Hall–Kier alpha value is -0.930. The fourth-order valence-corrected chi connectivity index (χ4v) is 3.25. The lowest BCUT2D eigenvalue weighted by Crippen LogP contribution is -2.38. The van der Waals surface area contributed by atoms with E-state index in [-0.39, 0.29) is 5.82 Å². The van der Waals surface area contributed by atoms with Gasteiger partial charge in [-0.1, -0.05) is 32.0 Å². The van der Waals surface area contributed by atoms with Crippen molar-refractivity contribution >= 4 is 0 Å². The fraction of sp³-hybridized carbons (Fsp3) is 0.625. The van der Waals surface area contributed by atoms with Crippen molar-refractivity contribution in [3.05, 3.63) is 35.6 Å². The molecule has 2 rings (SSSR count). The minimum absolute atomic E-state index is 0.331. The highest BCUT2D eigenvalue weighted by Crippen LogP contribution is 2.28. The van der Waals surface area contributed by atoms with Crippen molar-refractivity contribution in [2.24, 2.45) is 11.8 Å². The van der Waals surface area contributed by atoms with E-state index < -0.39 is 6.10 Å². The van der Waals surface area contributed by atoms with Crippen LogP contribution in [-0.4, -0.2) is 17.7 Å². The summed E-state index contributed by atoms with van der Waals surface area (Å²) < 4.78 is 13.5. The molecule has 3 atom stereocenters. The molecule has 3 unspecified atom stereocenters. The first-order chi connectivity index (χ1) is 9.06. The molecule has 1 aliphatic carbocycles. The van der Waals surface area contributed by atoms with Gasteiger partial charge in [-0.3, -0.25) is 0 Å². The molecule has 0 radical (unpaired) electrons. The Kier molecular flexibility index (Phi) is 4.94. The first-order valence-electron chi connectivity index (χ1n) is 7.22. The minimum atomic E-state index is -0.770. The topological polar surface area (TPSA) is 32.3 Å². The molecule has 1 aromatic carbocycles. The fourth-order valence-electron chi connectivity index (χ4n) is 3.25. The molecule has 0 heterocycles. The summed E-state index contributed by atoms with van der Waals surface area (Å²) in [5, 5.41) is 13.5. The largest absolute Gasteiger partial charge is 0.387 e. The van der Waals surface area contributed by atoms with E-state index in [0.717, 1.165) is 24.7 Å². The molecule has 0 aromatic heterocycles. The Bertz CT molecular complexity index is 399. The lowest BCUT2D eigenvalue weighted by Gasteiger charge is -2.32. The second-order valence-electron chi connectivity index (χ2n) is 6.06. The average molecular weight is 265 g/mol. The SMILES string of the molecule is CC1CC(C)CC(NCC(O)c2ccccc2F)C1. The summed E-state index contributed by atoms with van der Waals surface area (Å²) in [6.07, 6.45) is 2.81. The number of halogens is 1. The number of aliphatic hydroxyl groups is 1. The van der Waals surface area contributed by atoms with E-state index in [1.54, 1.807) is 18.2 Å². The highest BCUT2D eigenvalue weighted by Gasteiger charge is 2.24. The molecule has 106 valence electrons. The van der Waals surface area contributed by atoms with Crippen LogP contribution in [0.5, 0.6) is 0 Å². The summed E-state index contributed by atoms with van der Waals surface area (Å²) >= 11 is 0. The maximum Gasteiger partial charge on any atom is 0.129 e. The first kappa shape index (κ1) is 14.5. The third kappa shape index (κ3) is 4.02. The smallest absolute Gasteiger partial charge is 0.129 e. The van der Waals surface area contributed by atoms with Gasteiger partial charge in [0.1, 0.15) is 5.82 Å². The molecule has 1 aliphatic rings. The van der Waals surface area contributed by atoms with Crippen LogP contribution >= 0.6 is 0 Å². The van der Waals surface area contributed by atoms with Crippen molar-refractivity contribution in [3.8, 4) is 0 Å². The maximum absolute atomic E-state index is 13.5. The van der Waals surface area contributed by atoms with Crippen LogP contribution in [0, 0.1) is 17.7 Å². The highest BCUT2D eigenvalue weighted by atomic mass is 19.1. The van der Waals surface area contributed by atoms with Gasteiger partial charge in [-0.25, -0.2) is 4.39 Å². The lowest BCUT2D eigenvalue weighted by molar-refractivity contribution is 0.151. The van der Waals surface area contributed by atoms with Crippen LogP contribution in [-0.2, 0) is 0 Å². The van der Waals surface area contributed by atoms with Gasteiger partial charge in [0.05, 0.1) is 6.10 Å². The number of rotatable bonds is 4. The van der Waals surface area contributed by atoms with Gasteiger partial charge in [0.15, 0.2) is 0 Å². The summed E-state index contributed by atoms with van der Waals surface area (Å²) in [4.78, 5) is 0. The normalized spacial score (nSPS) is 29.2. The molecule has 0 bridgehead atoms. The summed E-state index contributed by atoms with van der Waals surface area (Å²) in [6.45, 7) is 4.97. The molecule has 2 N–H and O–H groups in total. The van der Waals surface area contributed by atoms with Crippen LogP contribution < -0.4 is 5.32 Å². The van der Waals surface area contributed by atoms with Gasteiger partial charge in [-0.05, 0) is 37.2 Å². The minimum Gasteiger partial charge on any atom is -0.387 e. The maximum atomic E-state index is 13.5. The standard InChI is InChI=1S/C16H24FNO/c1-11-7-12(2)9-13(8-11)18-10-16(19)14-5-3-4-6-15(14)17/h3-6,11-13,16,18-19H,7-10H2,1-2H3. The number of hydrogen-bond donors (Lipinski definition) is 2. The second-order valence-corrected chi connectivity index (χ2v) is 6.06. The van der Waals surface area contributed by atoms with E-state index in [4.69, 9.17) is 0 Å². The molecular formula is C16H24FNO. The molecule has 0 amide bonds. The Morgan fingerprint density at radius 2 is 1.84 bits per heavy atom. The van der Waals surface area contributed by atoms with Crippen molar-refractivity contribution in [1.29, 1.82) is 0 Å². The van der Waals surface area contributed by atoms with Crippen LogP contribution in [0.15, 0.2) is 24.3 Å². The third-order valence-corrected chi connectivity index (χ3v) is 4.04. The molecule has 1 saturated carbocycles. The molecule has 19 heavy (non-hydrogen) atoms. The predicted molar refractivity (Wildman–Crippen MR) is 75.3 cm³/mol. The van der Waals surface area contributed by atoms with Gasteiger partial charge in [0.2, 0.25) is 0 Å². The molecule has 0 spiro atoms. The van der Waals surface area contributed by atoms with Crippen molar-refractivity contribution in [2.45, 2.75) is 45.3 Å². The molecule has 0 saturated heterocycles.